The quantitative estimate of drug-likeness (QED) is 0.526. The third-order valence-electron chi connectivity index (χ3n) is 2.05. The van der Waals surface area contributed by atoms with Crippen LogP contribution in [-0.2, 0) is 9.53 Å². The van der Waals surface area contributed by atoms with E-state index in [1.165, 1.54) is 0 Å². The molecule has 1 aliphatic rings. The van der Waals surface area contributed by atoms with Crippen LogP contribution >= 0.6 is 11.6 Å². The van der Waals surface area contributed by atoms with Crippen molar-refractivity contribution < 1.29 is 14.6 Å². The Hall–Kier alpha value is -0.280. The second-order valence-electron chi connectivity index (χ2n) is 3.05. The molecule has 0 radical (unpaired) electrons. The molecule has 1 aliphatic carbocycles. The maximum Gasteiger partial charge on any atom is 0.321 e. The van der Waals surface area contributed by atoms with Gasteiger partial charge in [-0.3, -0.25) is 4.79 Å². The topological polar surface area (TPSA) is 46.5 Å². The molecule has 1 N–H and O–H groups in total. The van der Waals surface area contributed by atoms with Crippen LogP contribution in [0.25, 0.3) is 0 Å². The smallest absolute Gasteiger partial charge is 0.321 e. The van der Waals surface area contributed by atoms with Crippen molar-refractivity contribution in [3.8, 4) is 0 Å². The number of hydrogen-bond donors (Lipinski definition) is 1. The molecule has 0 spiro atoms. The molecule has 0 unspecified atom stereocenters. The summed E-state index contributed by atoms with van der Waals surface area (Å²) < 4.78 is 5.01. The molecule has 0 heterocycles. The Morgan fingerprint density at radius 2 is 2.00 bits per heavy atom. The summed E-state index contributed by atoms with van der Waals surface area (Å²) in [4.78, 5) is 10.7. The number of ether oxygens (including phenoxy) is 1. The number of carbonyl (C=O) groups excluding carboxylic acids is 1. The van der Waals surface area contributed by atoms with E-state index in [-0.39, 0.29) is 24.1 Å². The van der Waals surface area contributed by atoms with Gasteiger partial charge < -0.3 is 9.84 Å². The van der Waals surface area contributed by atoms with Crippen molar-refractivity contribution >= 4 is 17.6 Å². The van der Waals surface area contributed by atoms with Gasteiger partial charge in [0.2, 0.25) is 0 Å². The lowest BCUT2D eigenvalue weighted by molar-refractivity contribution is -0.148. The Balaban J connectivity index is 2.21. The summed E-state index contributed by atoms with van der Waals surface area (Å²) in [7, 11) is 0. The number of hydrogen-bond acceptors (Lipinski definition) is 3. The maximum atomic E-state index is 10.7. The molecule has 0 aromatic carbocycles. The average molecular weight is 193 g/mol. The molecular formula is C8H13ClO3. The molecule has 3 nitrogen and oxygen atoms in total. The van der Waals surface area contributed by atoms with Crippen LogP contribution in [0.4, 0.5) is 0 Å². The molecule has 0 atom stereocenters. The number of alkyl halides is 1. The second kappa shape index (κ2) is 4.67. The minimum Gasteiger partial charge on any atom is -0.461 e. The molecule has 0 saturated heterocycles. The summed E-state index contributed by atoms with van der Waals surface area (Å²) in [5.74, 6) is -0.447. The molecule has 0 aromatic heterocycles. The maximum absolute atomic E-state index is 10.7. The van der Waals surface area contributed by atoms with Gasteiger partial charge >= 0.3 is 5.97 Å². The molecule has 0 bridgehead atoms. The number of carbonyl (C=O) groups is 1. The zero-order valence-electron chi connectivity index (χ0n) is 6.83. The summed E-state index contributed by atoms with van der Waals surface area (Å²) in [6.45, 7) is 0. The number of rotatable bonds is 2. The highest BCUT2D eigenvalue weighted by atomic mass is 35.5. The Bertz CT molecular complexity index is 152. The molecule has 12 heavy (non-hydrogen) atoms. The summed E-state index contributed by atoms with van der Waals surface area (Å²) in [6.07, 6.45) is 2.71. The van der Waals surface area contributed by atoms with E-state index in [9.17, 15) is 4.79 Å². The summed E-state index contributed by atoms with van der Waals surface area (Å²) in [5, 5.41) is 9.15. The zero-order chi connectivity index (χ0) is 8.97. The van der Waals surface area contributed by atoms with E-state index in [0.29, 0.717) is 0 Å². The fourth-order valence-corrected chi connectivity index (χ4v) is 1.44. The van der Waals surface area contributed by atoms with Crippen molar-refractivity contribution in [2.24, 2.45) is 0 Å². The van der Waals surface area contributed by atoms with E-state index < -0.39 is 0 Å². The van der Waals surface area contributed by atoms with E-state index in [1.54, 1.807) is 0 Å². The molecule has 0 amide bonds. The summed E-state index contributed by atoms with van der Waals surface area (Å²) in [5.41, 5.74) is 0. The lowest BCUT2D eigenvalue weighted by Crippen LogP contribution is -2.26. The van der Waals surface area contributed by atoms with Crippen molar-refractivity contribution in [3.63, 3.8) is 0 Å². The highest BCUT2D eigenvalue weighted by Crippen LogP contribution is 2.20. The Kier molecular flexibility index (Phi) is 3.82. The minimum atomic E-state index is -0.363. The fraction of sp³-hybridized carbons (Fsp3) is 0.875. The van der Waals surface area contributed by atoms with Crippen molar-refractivity contribution in [1.29, 1.82) is 0 Å². The van der Waals surface area contributed by atoms with Crippen molar-refractivity contribution in [3.05, 3.63) is 0 Å². The van der Waals surface area contributed by atoms with Crippen LogP contribution in [0, 0.1) is 0 Å². The van der Waals surface area contributed by atoms with Crippen molar-refractivity contribution in [2.75, 3.05) is 5.88 Å². The van der Waals surface area contributed by atoms with Crippen LogP contribution in [0.15, 0.2) is 0 Å². The van der Waals surface area contributed by atoms with E-state index in [1.807, 2.05) is 0 Å². The lowest BCUT2D eigenvalue weighted by Gasteiger charge is -2.24. The van der Waals surface area contributed by atoms with E-state index in [0.717, 1.165) is 25.7 Å². The van der Waals surface area contributed by atoms with Gasteiger partial charge in [-0.25, -0.2) is 0 Å². The first kappa shape index (κ1) is 9.81. The van der Waals surface area contributed by atoms with E-state index in [4.69, 9.17) is 21.4 Å². The Morgan fingerprint density at radius 1 is 1.42 bits per heavy atom. The molecule has 0 aromatic rings. The van der Waals surface area contributed by atoms with Gasteiger partial charge in [-0.05, 0) is 25.7 Å². The van der Waals surface area contributed by atoms with Gasteiger partial charge in [0.1, 0.15) is 12.0 Å². The molecule has 0 aliphatic heterocycles. The van der Waals surface area contributed by atoms with Crippen LogP contribution in [0.2, 0.25) is 0 Å². The number of halogens is 1. The normalized spacial score (nSPS) is 29.8. The predicted octanol–water partition coefficient (Wildman–Crippen LogP) is 1.07. The molecule has 70 valence electrons. The van der Waals surface area contributed by atoms with Gasteiger partial charge in [-0.2, -0.15) is 0 Å². The predicted molar refractivity (Wildman–Crippen MR) is 45.1 cm³/mol. The molecule has 1 saturated carbocycles. The highest BCUT2D eigenvalue weighted by Gasteiger charge is 2.21. The monoisotopic (exact) mass is 192 g/mol. The molecule has 1 rings (SSSR count). The Morgan fingerprint density at radius 3 is 2.50 bits per heavy atom. The Labute approximate surface area is 76.7 Å². The molecule has 4 heteroatoms. The third kappa shape index (κ3) is 2.99. The number of aliphatic hydroxyl groups excluding tert-OH is 1. The summed E-state index contributed by atoms with van der Waals surface area (Å²) in [6, 6.07) is 0. The first-order chi connectivity index (χ1) is 5.72. The van der Waals surface area contributed by atoms with Gasteiger partial charge in [0.15, 0.2) is 0 Å². The molecular weight excluding hydrogens is 180 g/mol. The first-order valence-corrected chi connectivity index (χ1v) is 4.69. The van der Waals surface area contributed by atoms with Crippen LogP contribution in [0.1, 0.15) is 25.7 Å². The van der Waals surface area contributed by atoms with Crippen molar-refractivity contribution in [1.82, 2.24) is 0 Å². The van der Waals surface area contributed by atoms with Gasteiger partial charge in [-0.15, -0.1) is 11.6 Å². The zero-order valence-corrected chi connectivity index (χ0v) is 7.59. The van der Waals surface area contributed by atoms with Crippen LogP contribution in [0.5, 0.6) is 0 Å². The van der Waals surface area contributed by atoms with E-state index in [2.05, 4.69) is 0 Å². The van der Waals surface area contributed by atoms with Gasteiger partial charge in [0, 0.05) is 0 Å². The first-order valence-electron chi connectivity index (χ1n) is 4.16. The van der Waals surface area contributed by atoms with Crippen LogP contribution in [-0.4, -0.2) is 29.2 Å². The van der Waals surface area contributed by atoms with Gasteiger partial charge in [0.25, 0.3) is 0 Å². The average Bonchev–Trinajstić information content (AvgIpc) is 2.09. The minimum absolute atomic E-state index is 0.0281. The second-order valence-corrected chi connectivity index (χ2v) is 3.32. The number of esters is 1. The number of aliphatic hydroxyl groups is 1. The van der Waals surface area contributed by atoms with Crippen LogP contribution in [0.3, 0.4) is 0 Å². The standard InChI is InChI=1S/C8H13ClO3/c9-5-8(11)12-7-3-1-6(10)2-4-7/h6-7,10H,1-5H2. The summed E-state index contributed by atoms with van der Waals surface area (Å²) >= 11 is 5.28. The fourth-order valence-electron chi connectivity index (χ4n) is 1.38. The van der Waals surface area contributed by atoms with Crippen molar-refractivity contribution in [2.45, 2.75) is 37.9 Å². The van der Waals surface area contributed by atoms with Gasteiger partial charge in [0.05, 0.1) is 6.10 Å². The lowest BCUT2D eigenvalue weighted by atomic mass is 9.95. The largest absolute Gasteiger partial charge is 0.461 e. The van der Waals surface area contributed by atoms with E-state index >= 15 is 0 Å². The molecule has 1 fully saturated rings. The van der Waals surface area contributed by atoms with Gasteiger partial charge in [-0.1, -0.05) is 0 Å². The SMILES string of the molecule is O=C(CCl)OC1CCC(O)CC1. The van der Waals surface area contributed by atoms with Crippen LogP contribution < -0.4 is 0 Å². The third-order valence-corrected chi connectivity index (χ3v) is 2.27. The highest BCUT2D eigenvalue weighted by molar-refractivity contribution is 6.26.